The molecule has 0 bridgehead atoms. The van der Waals surface area contributed by atoms with E-state index in [-0.39, 0.29) is 17.9 Å². The largest absolute Gasteiger partial charge is 0.343 e. The standard InChI is InChI=1S/C16H21N2O2/c1-12-4-6-14(7-5-12)16(20)17(3)15-8-10-18(11-9-15)13(2)19/h4-7,15H,1,8-11H2,2-3H3. The smallest absolute Gasteiger partial charge is 0.253 e. The van der Waals surface area contributed by atoms with E-state index in [1.807, 2.05) is 36.2 Å². The molecular weight excluding hydrogens is 252 g/mol. The fourth-order valence-electron chi connectivity index (χ4n) is 2.58. The fourth-order valence-corrected chi connectivity index (χ4v) is 2.58. The SMILES string of the molecule is [CH2]c1ccc(C(=O)N(C)C2CCN(C(C)=O)CC2)cc1. The van der Waals surface area contributed by atoms with Crippen LogP contribution in [0.2, 0.25) is 0 Å². The van der Waals surface area contributed by atoms with Crippen LogP contribution in [-0.4, -0.2) is 47.8 Å². The van der Waals surface area contributed by atoms with Gasteiger partial charge in [-0.1, -0.05) is 12.1 Å². The topological polar surface area (TPSA) is 40.6 Å². The van der Waals surface area contributed by atoms with Crippen LogP contribution in [0.3, 0.4) is 0 Å². The second-order valence-electron chi connectivity index (χ2n) is 5.35. The molecule has 1 aromatic rings. The van der Waals surface area contributed by atoms with Crippen molar-refractivity contribution in [2.45, 2.75) is 25.8 Å². The average Bonchev–Trinajstić information content (AvgIpc) is 2.46. The lowest BCUT2D eigenvalue weighted by Crippen LogP contribution is -2.46. The third-order valence-corrected chi connectivity index (χ3v) is 3.98. The van der Waals surface area contributed by atoms with Crippen LogP contribution in [0.15, 0.2) is 24.3 Å². The number of hydrogen-bond donors (Lipinski definition) is 0. The maximum atomic E-state index is 12.4. The van der Waals surface area contributed by atoms with E-state index in [0.717, 1.165) is 31.5 Å². The predicted molar refractivity (Wildman–Crippen MR) is 78.3 cm³/mol. The molecule has 107 valence electrons. The van der Waals surface area contributed by atoms with Crippen LogP contribution in [0.1, 0.15) is 35.7 Å². The number of amides is 2. The van der Waals surface area contributed by atoms with Crippen molar-refractivity contribution >= 4 is 11.8 Å². The Bertz CT molecular complexity index is 488. The Morgan fingerprint density at radius 2 is 1.75 bits per heavy atom. The molecule has 0 spiro atoms. The van der Waals surface area contributed by atoms with E-state index in [2.05, 4.69) is 6.92 Å². The molecule has 1 radical (unpaired) electrons. The molecule has 1 aromatic carbocycles. The van der Waals surface area contributed by atoms with Gasteiger partial charge in [0.25, 0.3) is 5.91 Å². The van der Waals surface area contributed by atoms with Crippen molar-refractivity contribution in [1.82, 2.24) is 9.80 Å². The zero-order valence-electron chi connectivity index (χ0n) is 12.1. The van der Waals surface area contributed by atoms with Crippen LogP contribution in [-0.2, 0) is 4.79 Å². The third kappa shape index (κ3) is 3.18. The van der Waals surface area contributed by atoms with Gasteiger partial charge >= 0.3 is 0 Å². The van der Waals surface area contributed by atoms with Gasteiger partial charge < -0.3 is 9.80 Å². The minimum Gasteiger partial charge on any atom is -0.343 e. The van der Waals surface area contributed by atoms with Crippen molar-refractivity contribution in [3.63, 3.8) is 0 Å². The molecule has 1 aliphatic rings. The molecule has 0 aromatic heterocycles. The maximum absolute atomic E-state index is 12.4. The van der Waals surface area contributed by atoms with Crippen molar-refractivity contribution < 1.29 is 9.59 Å². The predicted octanol–water partition coefficient (Wildman–Crippen LogP) is 1.95. The summed E-state index contributed by atoms with van der Waals surface area (Å²) >= 11 is 0. The van der Waals surface area contributed by atoms with Gasteiger partial charge in [-0.15, -0.1) is 0 Å². The molecule has 4 nitrogen and oxygen atoms in total. The van der Waals surface area contributed by atoms with E-state index in [4.69, 9.17) is 0 Å². The summed E-state index contributed by atoms with van der Waals surface area (Å²) in [5.74, 6) is 0.148. The van der Waals surface area contributed by atoms with Crippen molar-refractivity contribution in [3.8, 4) is 0 Å². The molecule has 4 heteroatoms. The quantitative estimate of drug-likeness (QED) is 0.826. The van der Waals surface area contributed by atoms with E-state index in [1.165, 1.54) is 0 Å². The highest BCUT2D eigenvalue weighted by atomic mass is 16.2. The normalized spacial score (nSPS) is 16.1. The second kappa shape index (κ2) is 6.07. The van der Waals surface area contributed by atoms with Gasteiger partial charge in [0.05, 0.1) is 0 Å². The van der Waals surface area contributed by atoms with Crippen LogP contribution < -0.4 is 0 Å². The van der Waals surface area contributed by atoms with E-state index in [0.29, 0.717) is 5.56 Å². The van der Waals surface area contributed by atoms with Gasteiger partial charge in [0.1, 0.15) is 0 Å². The van der Waals surface area contributed by atoms with Crippen LogP contribution >= 0.6 is 0 Å². The highest BCUT2D eigenvalue weighted by Gasteiger charge is 2.26. The Hall–Kier alpha value is -1.84. The average molecular weight is 273 g/mol. The third-order valence-electron chi connectivity index (χ3n) is 3.98. The fraction of sp³-hybridized carbons (Fsp3) is 0.438. The molecule has 2 rings (SSSR count). The molecule has 1 saturated heterocycles. The lowest BCUT2D eigenvalue weighted by atomic mass is 10.0. The lowest BCUT2D eigenvalue weighted by molar-refractivity contribution is -0.130. The first-order chi connectivity index (χ1) is 9.49. The molecule has 1 aliphatic heterocycles. The number of hydrogen-bond acceptors (Lipinski definition) is 2. The molecule has 0 unspecified atom stereocenters. The molecule has 0 atom stereocenters. The van der Waals surface area contributed by atoms with Crippen LogP contribution in [0, 0.1) is 6.92 Å². The summed E-state index contributed by atoms with van der Waals surface area (Å²) in [6.07, 6.45) is 1.68. The molecule has 1 fully saturated rings. The summed E-state index contributed by atoms with van der Waals surface area (Å²) in [6, 6.07) is 7.52. The van der Waals surface area contributed by atoms with Gasteiger partial charge in [-0.05, 0) is 37.5 Å². The van der Waals surface area contributed by atoms with E-state index in [1.54, 1.807) is 11.8 Å². The first-order valence-electron chi connectivity index (χ1n) is 6.93. The summed E-state index contributed by atoms with van der Waals surface area (Å²) in [7, 11) is 1.84. The Balaban J connectivity index is 1.98. The number of piperidine rings is 1. The Morgan fingerprint density at radius 3 is 2.25 bits per heavy atom. The van der Waals surface area contributed by atoms with E-state index >= 15 is 0 Å². The van der Waals surface area contributed by atoms with Gasteiger partial charge in [0.2, 0.25) is 5.91 Å². The molecule has 0 N–H and O–H groups in total. The Morgan fingerprint density at radius 1 is 1.20 bits per heavy atom. The highest BCUT2D eigenvalue weighted by molar-refractivity contribution is 5.94. The van der Waals surface area contributed by atoms with Gasteiger partial charge in [-0.25, -0.2) is 0 Å². The van der Waals surface area contributed by atoms with Crippen LogP contribution in [0.5, 0.6) is 0 Å². The number of benzene rings is 1. The summed E-state index contributed by atoms with van der Waals surface area (Å²) in [5.41, 5.74) is 1.59. The number of rotatable bonds is 2. The molecule has 0 saturated carbocycles. The van der Waals surface area contributed by atoms with Crippen molar-refractivity contribution in [2.24, 2.45) is 0 Å². The van der Waals surface area contributed by atoms with Crippen LogP contribution in [0.25, 0.3) is 0 Å². The number of carbonyl (C=O) groups excluding carboxylic acids is 2. The van der Waals surface area contributed by atoms with Gasteiger partial charge in [0.15, 0.2) is 0 Å². The highest BCUT2D eigenvalue weighted by Crippen LogP contribution is 2.18. The zero-order chi connectivity index (χ0) is 14.7. The van der Waals surface area contributed by atoms with Crippen molar-refractivity contribution in [2.75, 3.05) is 20.1 Å². The van der Waals surface area contributed by atoms with Gasteiger partial charge in [-0.2, -0.15) is 0 Å². The van der Waals surface area contributed by atoms with Crippen molar-refractivity contribution in [3.05, 3.63) is 42.3 Å². The first-order valence-corrected chi connectivity index (χ1v) is 6.93. The summed E-state index contributed by atoms with van der Waals surface area (Å²) < 4.78 is 0. The zero-order valence-corrected chi connectivity index (χ0v) is 12.1. The first kappa shape index (κ1) is 14.6. The number of nitrogens with zero attached hydrogens (tertiary/aromatic N) is 2. The van der Waals surface area contributed by atoms with Gasteiger partial charge in [-0.3, -0.25) is 9.59 Å². The lowest BCUT2D eigenvalue weighted by Gasteiger charge is -2.36. The molecule has 20 heavy (non-hydrogen) atoms. The number of likely N-dealkylation sites (tertiary alicyclic amines) is 1. The Kier molecular flexibility index (Phi) is 4.42. The molecular formula is C16H21N2O2. The monoisotopic (exact) mass is 273 g/mol. The summed E-state index contributed by atoms with van der Waals surface area (Å²) in [6.45, 7) is 6.87. The van der Waals surface area contributed by atoms with Crippen molar-refractivity contribution in [1.29, 1.82) is 0 Å². The summed E-state index contributed by atoms with van der Waals surface area (Å²) in [4.78, 5) is 27.3. The maximum Gasteiger partial charge on any atom is 0.253 e. The second-order valence-corrected chi connectivity index (χ2v) is 5.35. The van der Waals surface area contributed by atoms with Crippen LogP contribution in [0.4, 0.5) is 0 Å². The minimum absolute atomic E-state index is 0.0336. The minimum atomic E-state index is 0.0336. The van der Waals surface area contributed by atoms with E-state index < -0.39 is 0 Å². The summed E-state index contributed by atoms with van der Waals surface area (Å²) in [5, 5.41) is 0. The molecule has 0 aliphatic carbocycles. The number of carbonyl (C=O) groups is 2. The van der Waals surface area contributed by atoms with Gasteiger partial charge in [0, 0.05) is 38.7 Å². The Labute approximate surface area is 120 Å². The molecule has 2 amide bonds. The van der Waals surface area contributed by atoms with E-state index in [9.17, 15) is 9.59 Å². The molecule has 1 heterocycles.